The number of nitrogens with one attached hydrogen (secondary N) is 3. The number of para-hydroxylation sites is 1. The number of urea groups is 1. The quantitative estimate of drug-likeness (QED) is 0.699. The third kappa shape index (κ3) is 3.42. The van der Waals surface area contributed by atoms with Gasteiger partial charge in [0, 0.05) is 23.6 Å². The van der Waals surface area contributed by atoms with E-state index < -0.39 is 6.10 Å². The van der Waals surface area contributed by atoms with Crippen LogP contribution in [0.15, 0.2) is 30.5 Å². The minimum atomic E-state index is -0.409. The molecule has 0 aliphatic heterocycles. The maximum atomic E-state index is 11.9. The number of aromatic nitrogens is 1. The Morgan fingerprint density at radius 3 is 2.95 bits per heavy atom. The molecule has 2 atom stereocenters. The zero-order valence-electron chi connectivity index (χ0n) is 12.6. The predicted octanol–water partition coefficient (Wildman–Crippen LogP) is 2.31. The molecule has 0 saturated heterocycles. The van der Waals surface area contributed by atoms with E-state index in [0.29, 0.717) is 6.54 Å². The monoisotopic (exact) mass is 301 g/mol. The molecule has 1 aliphatic rings. The molecule has 0 bridgehead atoms. The number of hydrogen-bond acceptors (Lipinski definition) is 2. The number of aliphatic hydroxyl groups is 1. The first kappa shape index (κ1) is 14.9. The van der Waals surface area contributed by atoms with Gasteiger partial charge in [0.05, 0.1) is 12.1 Å². The molecule has 2 aromatic rings. The number of fused-ring (bicyclic) bond motifs is 1. The molecule has 118 valence electrons. The summed E-state index contributed by atoms with van der Waals surface area (Å²) in [7, 11) is 0. The van der Waals surface area contributed by atoms with Crippen molar-refractivity contribution < 1.29 is 9.90 Å². The number of benzene rings is 1. The van der Waals surface area contributed by atoms with E-state index in [1.807, 2.05) is 24.4 Å². The Kier molecular flexibility index (Phi) is 4.63. The molecule has 1 aromatic carbocycles. The molecule has 0 spiro atoms. The Morgan fingerprint density at radius 1 is 1.27 bits per heavy atom. The Bertz CT molecular complexity index is 638. The molecule has 1 fully saturated rings. The number of carbonyl (C=O) groups excluding carboxylic acids is 1. The first-order chi connectivity index (χ1) is 10.7. The molecule has 1 heterocycles. The van der Waals surface area contributed by atoms with Crippen molar-refractivity contribution in [2.45, 2.75) is 44.2 Å². The van der Waals surface area contributed by atoms with Crippen molar-refractivity contribution in [1.82, 2.24) is 15.6 Å². The largest absolute Gasteiger partial charge is 0.391 e. The third-order valence-corrected chi connectivity index (χ3v) is 4.40. The zero-order chi connectivity index (χ0) is 15.4. The summed E-state index contributed by atoms with van der Waals surface area (Å²) in [6.45, 7) is 0.580. The van der Waals surface area contributed by atoms with Crippen molar-refractivity contribution in [3.63, 3.8) is 0 Å². The fourth-order valence-corrected chi connectivity index (χ4v) is 3.15. The Hall–Kier alpha value is -2.01. The number of amides is 2. The highest BCUT2D eigenvalue weighted by atomic mass is 16.3. The summed E-state index contributed by atoms with van der Waals surface area (Å²) in [6, 6.07) is 7.85. The third-order valence-electron chi connectivity index (χ3n) is 4.40. The average Bonchev–Trinajstić information content (AvgIpc) is 2.93. The van der Waals surface area contributed by atoms with E-state index >= 15 is 0 Å². The van der Waals surface area contributed by atoms with E-state index in [1.54, 1.807) is 0 Å². The number of H-pyrrole nitrogens is 1. The van der Waals surface area contributed by atoms with Crippen molar-refractivity contribution in [1.29, 1.82) is 0 Å². The van der Waals surface area contributed by atoms with Crippen LogP contribution in [0, 0.1) is 0 Å². The van der Waals surface area contributed by atoms with Crippen molar-refractivity contribution in [2.75, 3.05) is 6.54 Å². The zero-order valence-corrected chi connectivity index (χ0v) is 12.6. The Labute approximate surface area is 130 Å². The number of rotatable bonds is 4. The van der Waals surface area contributed by atoms with Crippen LogP contribution >= 0.6 is 0 Å². The van der Waals surface area contributed by atoms with Crippen LogP contribution in [0.4, 0.5) is 4.79 Å². The smallest absolute Gasteiger partial charge is 0.315 e. The minimum absolute atomic E-state index is 0.109. The summed E-state index contributed by atoms with van der Waals surface area (Å²) in [5.74, 6) is 0. The van der Waals surface area contributed by atoms with E-state index in [0.717, 1.165) is 37.6 Å². The predicted molar refractivity (Wildman–Crippen MR) is 86.8 cm³/mol. The normalized spacial score (nSPS) is 21.7. The molecule has 1 aromatic heterocycles. The topological polar surface area (TPSA) is 77.2 Å². The highest BCUT2D eigenvalue weighted by molar-refractivity contribution is 5.83. The summed E-state index contributed by atoms with van der Waals surface area (Å²) >= 11 is 0. The van der Waals surface area contributed by atoms with E-state index in [9.17, 15) is 9.90 Å². The van der Waals surface area contributed by atoms with Crippen LogP contribution in [0.3, 0.4) is 0 Å². The number of hydrogen-bond donors (Lipinski definition) is 4. The lowest BCUT2D eigenvalue weighted by atomic mass is 9.93. The van der Waals surface area contributed by atoms with Crippen molar-refractivity contribution in [3.8, 4) is 0 Å². The van der Waals surface area contributed by atoms with Crippen LogP contribution in [-0.2, 0) is 6.42 Å². The van der Waals surface area contributed by atoms with Crippen LogP contribution in [0.1, 0.15) is 31.2 Å². The van der Waals surface area contributed by atoms with E-state index in [4.69, 9.17) is 0 Å². The highest BCUT2D eigenvalue weighted by Crippen LogP contribution is 2.19. The van der Waals surface area contributed by atoms with Crippen molar-refractivity contribution in [3.05, 3.63) is 36.0 Å². The standard InChI is InChI=1S/C17H23N3O2/c21-16-8-4-3-7-15(16)20-17(22)18-10-9-12-11-19-14-6-2-1-5-13(12)14/h1-2,5-6,11,15-16,19,21H,3-4,7-10H2,(H2,18,20,22)/t15-,16-/m0/s1. The Morgan fingerprint density at radius 2 is 2.09 bits per heavy atom. The SMILES string of the molecule is O=C(NCCc1c[nH]c2ccccc12)N[C@H]1CCCC[C@@H]1O. The lowest BCUT2D eigenvalue weighted by Gasteiger charge is -2.28. The summed E-state index contributed by atoms with van der Waals surface area (Å²) in [5.41, 5.74) is 2.32. The summed E-state index contributed by atoms with van der Waals surface area (Å²) < 4.78 is 0. The molecule has 5 heteroatoms. The van der Waals surface area contributed by atoms with Crippen LogP contribution in [0.25, 0.3) is 10.9 Å². The summed E-state index contributed by atoms with van der Waals surface area (Å²) in [4.78, 5) is 15.1. The van der Waals surface area contributed by atoms with Gasteiger partial charge >= 0.3 is 6.03 Å². The Balaban J connectivity index is 1.47. The van der Waals surface area contributed by atoms with Gasteiger partial charge in [0.25, 0.3) is 0 Å². The first-order valence-corrected chi connectivity index (χ1v) is 8.01. The maximum Gasteiger partial charge on any atom is 0.315 e. The summed E-state index contributed by atoms with van der Waals surface area (Å²) in [5, 5.41) is 16.8. The van der Waals surface area contributed by atoms with Crippen molar-refractivity contribution in [2.24, 2.45) is 0 Å². The van der Waals surface area contributed by atoms with E-state index in [2.05, 4.69) is 21.7 Å². The lowest BCUT2D eigenvalue weighted by Crippen LogP contribution is -2.49. The van der Waals surface area contributed by atoms with Crippen molar-refractivity contribution >= 4 is 16.9 Å². The first-order valence-electron chi connectivity index (χ1n) is 8.01. The van der Waals surface area contributed by atoms with Crippen LogP contribution in [0.5, 0.6) is 0 Å². The van der Waals surface area contributed by atoms with Gasteiger partial charge < -0.3 is 20.7 Å². The number of aromatic amines is 1. The molecule has 3 rings (SSSR count). The second-order valence-corrected chi connectivity index (χ2v) is 5.97. The fraction of sp³-hybridized carbons (Fsp3) is 0.471. The second-order valence-electron chi connectivity index (χ2n) is 5.97. The molecule has 0 unspecified atom stereocenters. The molecule has 1 saturated carbocycles. The highest BCUT2D eigenvalue weighted by Gasteiger charge is 2.24. The lowest BCUT2D eigenvalue weighted by molar-refractivity contribution is 0.0943. The maximum absolute atomic E-state index is 11.9. The molecule has 5 nitrogen and oxygen atoms in total. The van der Waals surface area contributed by atoms with Gasteiger partial charge in [0.1, 0.15) is 0 Å². The van der Waals surface area contributed by atoms with Gasteiger partial charge in [0.2, 0.25) is 0 Å². The fourth-order valence-electron chi connectivity index (χ4n) is 3.15. The molecule has 1 aliphatic carbocycles. The van der Waals surface area contributed by atoms with Gasteiger partial charge in [-0.25, -0.2) is 4.79 Å². The van der Waals surface area contributed by atoms with Crippen LogP contribution < -0.4 is 10.6 Å². The summed E-state index contributed by atoms with van der Waals surface area (Å²) in [6.07, 6.45) is 6.11. The van der Waals surface area contributed by atoms with Crippen LogP contribution in [0.2, 0.25) is 0 Å². The molecular weight excluding hydrogens is 278 g/mol. The van der Waals surface area contributed by atoms with Gasteiger partial charge in [-0.3, -0.25) is 0 Å². The molecule has 4 N–H and O–H groups in total. The van der Waals surface area contributed by atoms with Gasteiger partial charge in [-0.1, -0.05) is 31.0 Å². The second kappa shape index (κ2) is 6.83. The average molecular weight is 301 g/mol. The van der Waals surface area contributed by atoms with E-state index in [-0.39, 0.29) is 12.1 Å². The van der Waals surface area contributed by atoms with Gasteiger partial charge in [-0.2, -0.15) is 0 Å². The molecular formula is C17H23N3O2. The van der Waals surface area contributed by atoms with Gasteiger partial charge in [0.15, 0.2) is 0 Å². The van der Waals surface area contributed by atoms with Crippen LogP contribution in [-0.4, -0.2) is 34.8 Å². The molecule has 22 heavy (non-hydrogen) atoms. The minimum Gasteiger partial charge on any atom is -0.391 e. The van der Waals surface area contributed by atoms with E-state index in [1.165, 1.54) is 10.9 Å². The van der Waals surface area contributed by atoms with Gasteiger partial charge in [-0.05, 0) is 30.9 Å². The number of aliphatic hydroxyl groups excluding tert-OH is 1. The molecule has 0 radical (unpaired) electrons. The number of carbonyl (C=O) groups is 1. The van der Waals surface area contributed by atoms with Gasteiger partial charge in [-0.15, -0.1) is 0 Å². The molecule has 2 amide bonds.